The van der Waals surface area contributed by atoms with Crippen LogP contribution in [-0.2, 0) is 4.79 Å². The number of carbonyl (C=O) groups is 2. The van der Waals surface area contributed by atoms with Gasteiger partial charge in [-0.1, -0.05) is 6.92 Å². The predicted octanol–water partition coefficient (Wildman–Crippen LogP) is 2.22. The Labute approximate surface area is 131 Å². The van der Waals surface area contributed by atoms with Gasteiger partial charge in [0.1, 0.15) is 5.75 Å². The van der Waals surface area contributed by atoms with Gasteiger partial charge in [-0.15, -0.1) is 0 Å². The van der Waals surface area contributed by atoms with Crippen molar-refractivity contribution in [3.8, 4) is 5.75 Å². The summed E-state index contributed by atoms with van der Waals surface area (Å²) in [6.07, 6.45) is 2.17. The summed E-state index contributed by atoms with van der Waals surface area (Å²) in [4.78, 5) is 25.7. The van der Waals surface area contributed by atoms with Gasteiger partial charge in [-0.3, -0.25) is 9.59 Å². The molecule has 22 heavy (non-hydrogen) atoms. The fraction of sp³-hybridized carbons (Fsp3) is 0.529. The second-order valence-corrected chi connectivity index (χ2v) is 5.44. The number of likely N-dealkylation sites (tertiary alicyclic amines) is 1. The van der Waals surface area contributed by atoms with Gasteiger partial charge in [0.25, 0.3) is 5.91 Å². The van der Waals surface area contributed by atoms with E-state index in [0.29, 0.717) is 18.6 Å². The Bertz CT molecular complexity index is 505. The minimum Gasteiger partial charge on any atom is -0.494 e. The van der Waals surface area contributed by atoms with Crippen molar-refractivity contribution in [2.45, 2.75) is 39.2 Å². The maximum Gasteiger partial charge on any atom is 0.251 e. The molecule has 0 atom stereocenters. The first-order valence-corrected chi connectivity index (χ1v) is 7.95. The van der Waals surface area contributed by atoms with Gasteiger partial charge in [0.05, 0.1) is 6.61 Å². The minimum atomic E-state index is -0.0664. The van der Waals surface area contributed by atoms with Crippen molar-refractivity contribution in [3.05, 3.63) is 29.8 Å². The average molecular weight is 304 g/mol. The van der Waals surface area contributed by atoms with Crippen LogP contribution in [0.1, 0.15) is 43.5 Å². The van der Waals surface area contributed by atoms with Gasteiger partial charge in [-0.25, -0.2) is 0 Å². The van der Waals surface area contributed by atoms with Crippen LogP contribution in [0.25, 0.3) is 0 Å². The van der Waals surface area contributed by atoms with Crippen LogP contribution >= 0.6 is 0 Å². The van der Waals surface area contributed by atoms with Crippen LogP contribution in [0.2, 0.25) is 0 Å². The molecule has 1 heterocycles. The van der Waals surface area contributed by atoms with Crippen LogP contribution in [0.5, 0.6) is 5.75 Å². The summed E-state index contributed by atoms with van der Waals surface area (Å²) in [6, 6.07) is 7.30. The Morgan fingerprint density at radius 3 is 2.36 bits per heavy atom. The third kappa shape index (κ3) is 4.23. The van der Waals surface area contributed by atoms with E-state index in [2.05, 4.69) is 5.32 Å². The molecule has 1 saturated heterocycles. The fourth-order valence-corrected chi connectivity index (χ4v) is 2.63. The molecule has 0 unspecified atom stereocenters. The van der Waals surface area contributed by atoms with Gasteiger partial charge in [-0.2, -0.15) is 0 Å². The van der Waals surface area contributed by atoms with E-state index in [1.807, 2.05) is 18.7 Å². The summed E-state index contributed by atoms with van der Waals surface area (Å²) >= 11 is 0. The number of carbonyl (C=O) groups excluding carboxylic acids is 2. The van der Waals surface area contributed by atoms with Crippen LogP contribution in [-0.4, -0.2) is 42.5 Å². The SMILES string of the molecule is CCOc1ccc(C(=O)NC2CCN(C(=O)CC)CC2)cc1. The summed E-state index contributed by atoms with van der Waals surface area (Å²) < 4.78 is 5.37. The van der Waals surface area contributed by atoms with Gasteiger partial charge >= 0.3 is 0 Å². The highest BCUT2D eigenvalue weighted by atomic mass is 16.5. The lowest BCUT2D eigenvalue weighted by atomic mass is 10.0. The van der Waals surface area contributed by atoms with Crippen LogP contribution in [0.3, 0.4) is 0 Å². The predicted molar refractivity (Wildman–Crippen MR) is 85.0 cm³/mol. The fourth-order valence-electron chi connectivity index (χ4n) is 2.63. The summed E-state index contributed by atoms with van der Waals surface area (Å²) in [5.41, 5.74) is 0.635. The first-order chi connectivity index (χ1) is 10.6. The zero-order valence-electron chi connectivity index (χ0n) is 13.3. The lowest BCUT2D eigenvalue weighted by Crippen LogP contribution is -2.46. The molecule has 0 spiro atoms. The van der Waals surface area contributed by atoms with Gasteiger partial charge in [-0.05, 0) is 44.0 Å². The largest absolute Gasteiger partial charge is 0.494 e. The molecular formula is C17H24N2O3. The zero-order chi connectivity index (χ0) is 15.9. The number of hydrogen-bond donors (Lipinski definition) is 1. The van der Waals surface area contributed by atoms with Crippen molar-refractivity contribution < 1.29 is 14.3 Å². The highest BCUT2D eigenvalue weighted by Crippen LogP contribution is 2.14. The summed E-state index contributed by atoms with van der Waals surface area (Å²) in [6.45, 7) is 5.86. The van der Waals surface area contributed by atoms with Crippen molar-refractivity contribution in [1.29, 1.82) is 0 Å². The van der Waals surface area contributed by atoms with Gasteiger partial charge in [0, 0.05) is 31.1 Å². The number of piperidine rings is 1. The topological polar surface area (TPSA) is 58.6 Å². The molecular weight excluding hydrogens is 280 g/mol. The van der Waals surface area contributed by atoms with Gasteiger partial charge in [0.2, 0.25) is 5.91 Å². The smallest absolute Gasteiger partial charge is 0.251 e. The number of amides is 2. The molecule has 1 aliphatic heterocycles. The zero-order valence-corrected chi connectivity index (χ0v) is 13.3. The van der Waals surface area contributed by atoms with E-state index in [0.717, 1.165) is 31.7 Å². The molecule has 1 aromatic rings. The molecule has 0 bridgehead atoms. The first-order valence-electron chi connectivity index (χ1n) is 7.95. The van der Waals surface area contributed by atoms with E-state index in [4.69, 9.17) is 4.74 Å². The second-order valence-electron chi connectivity index (χ2n) is 5.44. The molecule has 0 radical (unpaired) electrons. The molecule has 2 amide bonds. The lowest BCUT2D eigenvalue weighted by Gasteiger charge is -2.32. The number of benzene rings is 1. The summed E-state index contributed by atoms with van der Waals surface area (Å²) in [5.74, 6) is 0.894. The third-order valence-corrected chi connectivity index (χ3v) is 3.91. The maximum atomic E-state index is 12.2. The second kappa shape index (κ2) is 7.82. The van der Waals surface area contributed by atoms with Gasteiger partial charge < -0.3 is 15.0 Å². The van der Waals surface area contributed by atoms with E-state index in [1.54, 1.807) is 24.3 Å². The first kappa shape index (κ1) is 16.3. The van der Waals surface area contributed by atoms with Crippen molar-refractivity contribution in [2.24, 2.45) is 0 Å². The molecule has 2 rings (SSSR count). The van der Waals surface area contributed by atoms with E-state index in [1.165, 1.54) is 0 Å². The quantitative estimate of drug-likeness (QED) is 0.907. The molecule has 1 aromatic carbocycles. The van der Waals surface area contributed by atoms with Crippen LogP contribution in [0.4, 0.5) is 0 Å². The lowest BCUT2D eigenvalue weighted by molar-refractivity contribution is -0.131. The van der Waals surface area contributed by atoms with E-state index in [-0.39, 0.29) is 17.9 Å². The molecule has 0 aliphatic carbocycles. The Kier molecular flexibility index (Phi) is 5.81. The number of nitrogens with one attached hydrogen (secondary N) is 1. The summed E-state index contributed by atoms with van der Waals surface area (Å²) in [5, 5.41) is 3.05. The highest BCUT2D eigenvalue weighted by molar-refractivity contribution is 5.94. The number of hydrogen-bond acceptors (Lipinski definition) is 3. The van der Waals surface area contributed by atoms with Crippen molar-refractivity contribution >= 4 is 11.8 Å². The molecule has 0 aromatic heterocycles. The monoisotopic (exact) mass is 304 g/mol. The minimum absolute atomic E-state index is 0.0664. The standard InChI is InChI=1S/C17H24N2O3/c1-3-16(20)19-11-9-14(10-12-19)18-17(21)13-5-7-15(8-6-13)22-4-2/h5-8,14H,3-4,9-12H2,1-2H3,(H,18,21). The van der Waals surface area contributed by atoms with Crippen molar-refractivity contribution in [2.75, 3.05) is 19.7 Å². The maximum absolute atomic E-state index is 12.2. The van der Waals surface area contributed by atoms with E-state index < -0.39 is 0 Å². The van der Waals surface area contributed by atoms with Gasteiger partial charge in [0.15, 0.2) is 0 Å². The van der Waals surface area contributed by atoms with E-state index in [9.17, 15) is 9.59 Å². The number of nitrogens with zero attached hydrogens (tertiary/aromatic N) is 1. The Balaban J connectivity index is 1.84. The molecule has 1 aliphatic rings. The molecule has 5 nitrogen and oxygen atoms in total. The molecule has 120 valence electrons. The highest BCUT2D eigenvalue weighted by Gasteiger charge is 2.23. The van der Waals surface area contributed by atoms with Crippen LogP contribution < -0.4 is 10.1 Å². The molecule has 1 N–H and O–H groups in total. The van der Waals surface area contributed by atoms with Crippen LogP contribution in [0.15, 0.2) is 24.3 Å². The Hall–Kier alpha value is -2.04. The molecule has 5 heteroatoms. The summed E-state index contributed by atoms with van der Waals surface area (Å²) in [7, 11) is 0. The van der Waals surface area contributed by atoms with Crippen LogP contribution in [0, 0.1) is 0 Å². The molecule has 0 saturated carbocycles. The van der Waals surface area contributed by atoms with Crippen molar-refractivity contribution in [1.82, 2.24) is 10.2 Å². The normalized spacial score (nSPS) is 15.5. The average Bonchev–Trinajstić information content (AvgIpc) is 2.55. The van der Waals surface area contributed by atoms with Crippen molar-refractivity contribution in [3.63, 3.8) is 0 Å². The van der Waals surface area contributed by atoms with E-state index >= 15 is 0 Å². The molecule has 1 fully saturated rings. The number of rotatable bonds is 5. The third-order valence-electron chi connectivity index (χ3n) is 3.91. The Morgan fingerprint density at radius 2 is 1.82 bits per heavy atom. The number of ether oxygens (including phenoxy) is 1. The Morgan fingerprint density at radius 1 is 1.18 bits per heavy atom.